The molecular weight excluding hydrogens is 316 g/mol. The van der Waals surface area contributed by atoms with Crippen LogP contribution in [0.25, 0.3) is 5.69 Å². The van der Waals surface area contributed by atoms with E-state index in [1.165, 1.54) is 0 Å². The highest BCUT2D eigenvalue weighted by Crippen LogP contribution is 2.14. The molecule has 0 spiro atoms. The molecule has 0 atom stereocenters. The van der Waals surface area contributed by atoms with E-state index in [1.807, 2.05) is 68.4 Å². The minimum absolute atomic E-state index is 0.180. The second-order valence-electron chi connectivity index (χ2n) is 5.91. The Balaban J connectivity index is 1.71. The van der Waals surface area contributed by atoms with Crippen LogP contribution in [0, 0.1) is 6.92 Å². The number of benzene rings is 1. The zero-order chi connectivity index (χ0) is 17.8. The predicted molar refractivity (Wildman–Crippen MR) is 96.0 cm³/mol. The van der Waals surface area contributed by atoms with E-state index >= 15 is 0 Å². The Bertz CT molecular complexity index is 872. The van der Waals surface area contributed by atoms with Gasteiger partial charge in [0.25, 0.3) is 0 Å². The Morgan fingerprint density at radius 2 is 1.92 bits per heavy atom. The summed E-state index contributed by atoms with van der Waals surface area (Å²) in [6.07, 6.45) is 1.70. The monoisotopic (exact) mass is 336 g/mol. The van der Waals surface area contributed by atoms with Crippen molar-refractivity contribution in [1.29, 1.82) is 0 Å². The van der Waals surface area contributed by atoms with Gasteiger partial charge in [0.2, 0.25) is 0 Å². The SMILES string of the molecule is Cc1cc(C(=O)OCc2ccnc(N(C)C)c2)nn1-c1ccccc1. The van der Waals surface area contributed by atoms with Crippen molar-refractivity contribution in [1.82, 2.24) is 14.8 Å². The van der Waals surface area contributed by atoms with E-state index < -0.39 is 5.97 Å². The third-order valence-corrected chi connectivity index (χ3v) is 3.74. The number of carbonyl (C=O) groups is 1. The average Bonchev–Trinajstić information content (AvgIpc) is 3.02. The number of hydrogen-bond donors (Lipinski definition) is 0. The van der Waals surface area contributed by atoms with Crippen LogP contribution in [0.4, 0.5) is 5.82 Å². The smallest absolute Gasteiger partial charge is 0.359 e. The molecule has 0 fully saturated rings. The van der Waals surface area contributed by atoms with Crippen molar-refractivity contribution in [3.05, 3.63) is 71.7 Å². The summed E-state index contributed by atoms with van der Waals surface area (Å²) >= 11 is 0. The minimum Gasteiger partial charge on any atom is -0.456 e. The summed E-state index contributed by atoms with van der Waals surface area (Å²) in [4.78, 5) is 18.5. The molecule has 6 heteroatoms. The number of esters is 1. The van der Waals surface area contributed by atoms with Crippen LogP contribution < -0.4 is 4.90 Å². The van der Waals surface area contributed by atoms with Gasteiger partial charge in [-0.05, 0) is 42.8 Å². The van der Waals surface area contributed by atoms with E-state index in [2.05, 4.69) is 10.1 Å². The summed E-state index contributed by atoms with van der Waals surface area (Å²) in [5.41, 5.74) is 2.95. The lowest BCUT2D eigenvalue weighted by molar-refractivity contribution is 0.0465. The lowest BCUT2D eigenvalue weighted by Gasteiger charge is -2.12. The fraction of sp³-hybridized carbons (Fsp3) is 0.211. The molecule has 25 heavy (non-hydrogen) atoms. The fourth-order valence-electron chi connectivity index (χ4n) is 2.42. The van der Waals surface area contributed by atoms with Gasteiger partial charge >= 0.3 is 5.97 Å². The van der Waals surface area contributed by atoms with E-state index in [4.69, 9.17) is 4.74 Å². The molecule has 0 unspecified atom stereocenters. The van der Waals surface area contributed by atoms with Gasteiger partial charge in [-0.1, -0.05) is 18.2 Å². The topological polar surface area (TPSA) is 60.2 Å². The maximum atomic E-state index is 12.3. The number of aryl methyl sites for hydroxylation is 1. The molecule has 0 N–H and O–H groups in total. The summed E-state index contributed by atoms with van der Waals surface area (Å²) in [6.45, 7) is 2.09. The Kier molecular flexibility index (Phi) is 4.79. The largest absolute Gasteiger partial charge is 0.456 e. The molecule has 0 aliphatic rings. The highest BCUT2D eigenvalue weighted by atomic mass is 16.5. The van der Waals surface area contributed by atoms with E-state index in [-0.39, 0.29) is 6.61 Å². The minimum atomic E-state index is -0.444. The standard InChI is InChI=1S/C19H20N4O2/c1-14-11-17(21-23(14)16-7-5-4-6-8-16)19(24)25-13-15-9-10-20-18(12-15)22(2)3/h4-12H,13H2,1-3H3. The fourth-order valence-corrected chi connectivity index (χ4v) is 2.42. The van der Waals surface area contributed by atoms with E-state index in [0.29, 0.717) is 5.69 Å². The zero-order valence-electron chi connectivity index (χ0n) is 14.5. The van der Waals surface area contributed by atoms with Crippen LogP contribution >= 0.6 is 0 Å². The molecule has 0 radical (unpaired) electrons. The highest BCUT2D eigenvalue weighted by molar-refractivity contribution is 5.87. The molecule has 1 aromatic carbocycles. The molecule has 0 aliphatic carbocycles. The van der Waals surface area contributed by atoms with Gasteiger partial charge in [0.1, 0.15) is 12.4 Å². The Hall–Kier alpha value is -3.15. The van der Waals surface area contributed by atoms with Crippen LogP contribution in [0.5, 0.6) is 0 Å². The predicted octanol–water partition coefficient (Wildman–Crippen LogP) is 3.00. The third-order valence-electron chi connectivity index (χ3n) is 3.74. The molecule has 3 rings (SSSR count). The summed E-state index contributed by atoms with van der Waals surface area (Å²) in [5, 5.41) is 4.36. The molecule has 2 heterocycles. The van der Waals surface area contributed by atoms with Crippen LogP contribution in [0.15, 0.2) is 54.7 Å². The maximum Gasteiger partial charge on any atom is 0.359 e. The van der Waals surface area contributed by atoms with Gasteiger partial charge in [0, 0.05) is 26.0 Å². The van der Waals surface area contributed by atoms with E-state index in [0.717, 1.165) is 22.8 Å². The number of aromatic nitrogens is 3. The van der Waals surface area contributed by atoms with Crippen LogP contribution in [0.1, 0.15) is 21.7 Å². The van der Waals surface area contributed by atoms with Gasteiger partial charge in [-0.25, -0.2) is 14.5 Å². The number of anilines is 1. The zero-order valence-corrected chi connectivity index (χ0v) is 14.5. The van der Waals surface area contributed by atoms with Crippen LogP contribution in [0.3, 0.4) is 0 Å². The highest BCUT2D eigenvalue weighted by Gasteiger charge is 2.15. The Morgan fingerprint density at radius 1 is 1.16 bits per heavy atom. The average molecular weight is 336 g/mol. The summed E-state index contributed by atoms with van der Waals surface area (Å²) in [5.74, 6) is 0.374. The summed E-state index contributed by atoms with van der Waals surface area (Å²) < 4.78 is 7.12. The van der Waals surface area contributed by atoms with E-state index in [9.17, 15) is 4.79 Å². The first-order valence-electron chi connectivity index (χ1n) is 7.96. The first-order chi connectivity index (χ1) is 12.0. The second-order valence-corrected chi connectivity index (χ2v) is 5.91. The molecule has 3 aromatic rings. The molecule has 2 aromatic heterocycles. The number of nitrogens with zero attached hydrogens (tertiary/aromatic N) is 4. The third kappa shape index (κ3) is 3.85. The molecule has 0 aliphatic heterocycles. The molecule has 0 saturated carbocycles. The molecule has 128 valence electrons. The van der Waals surface area contributed by atoms with Crippen molar-refractivity contribution in [3.8, 4) is 5.69 Å². The first kappa shape index (κ1) is 16.7. The number of carbonyl (C=O) groups excluding carboxylic acids is 1. The quantitative estimate of drug-likeness (QED) is 0.670. The van der Waals surface area contributed by atoms with Gasteiger partial charge in [-0.3, -0.25) is 0 Å². The lowest BCUT2D eigenvalue weighted by atomic mass is 10.2. The Labute approximate surface area is 146 Å². The van der Waals surface area contributed by atoms with Gasteiger partial charge in [-0.2, -0.15) is 5.10 Å². The Morgan fingerprint density at radius 3 is 2.64 bits per heavy atom. The molecule has 0 saturated heterocycles. The number of para-hydroxylation sites is 1. The number of pyridine rings is 1. The molecule has 0 amide bonds. The normalized spacial score (nSPS) is 10.5. The molecular formula is C19H20N4O2. The van der Waals surface area contributed by atoms with Crippen LogP contribution in [-0.2, 0) is 11.3 Å². The number of hydrogen-bond acceptors (Lipinski definition) is 5. The van der Waals surface area contributed by atoms with Crippen LogP contribution in [0.2, 0.25) is 0 Å². The van der Waals surface area contributed by atoms with Crippen molar-refractivity contribution in [2.24, 2.45) is 0 Å². The number of rotatable bonds is 5. The van der Waals surface area contributed by atoms with Crippen molar-refractivity contribution in [3.63, 3.8) is 0 Å². The van der Waals surface area contributed by atoms with Crippen molar-refractivity contribution < 1.29 is 9.53 Å². The van der Waals surface area contributed by atoms with Gasteiger partial charge in [0.15, 0.2) is 5.69 Å². The molecule has 0 bridgehead atoms. The lowest BCUT2D eigenvalue weighted by Crippen LogP contribution is -2.11. The second kappa shape index (κ2) is 7.17. The van der Waals surface area contributed by atoms with Gasteiger partial charge < -0.3 is 9.64 Å². The van der Waals surface area contributed by atoms with E-state index in [1.54, 1.807) is 16.9 Å². The summed E-state index contributed by atoms with van der Waals surface area (Å²) in [7, 11) is 3.83. The van der Waals surface area contributed by atoms with Crippen molar-refractivity contribution in [2.75, 3.05) is 19.0 Å². The van der Waals surface area contributed by atoms with Crippen molar-refractivity contribution in [2.45, 2.75) is 13.5 Å². The van der Waals surface area contributed by atoms with Crippen LogP contribution in [-0.4, -0.2) is 34.8 Å². The van der Waals surface area contributed by atoms with Crippen molar-refractivity contribution >= 4 is 11.8 Å². The molecule has 6 nitrogen and oxygen atoms in total. The number of ether oxygens (including phenoxy) is 1. The summed E-state index contributed by atoms with van der Waals surface area (Å²) in [6, 6.07) is 15.1. The van der Waals surface area contributed by atoms with Gasteiger partial charge in [-0.15, -0.1) is 0 Å². The van der Waals surface area contributed by atoms with Gasteiger partial charge in [0.05, 0.1) is 5.69 Å². The maximum absolute atomic E-state index is 12.3. The first-order valence-corrected chi connectivity index (χ1v) is 7.96.